The van der Waals surface area contributed by atoms with Crippen LogP contribution in [0.15, 0.2) is 30.5 Å². The largest absolute Gasteiger partial charge is 0.423 e. The van der Waals surface area contributed by atoms with Gasteiger partial charge in [-0.3, -0.25) is 0 Å². The van der Waals surface area contributed by atoms with Crippen LogP contribution in [0.3, 0.4) is 0 Å². The summed E-state index contributed by atoms with van der Waals surface area (Å²) in [6.07, 6.45) is 1.45. The molecule has 0 aliphatic carbocycles. The summed E-state index contributed by atoms with van der Waals surface area (Å²) < 4.78 is 18.2. The van der Waals surface area contributed by atoms with Crippen LogP contribution < -0.4 is 10.5 Å². The van der Waals surface area contributed by atoms with E-state index >= 15 is 0 Å². The molecule has 0 bridgehead atoms. The van der Waals surface area contributed by atoms with E-state index in [2.05, 4.69) is 9.97 Å². The van der Waals surface area contributed by atoms with Crippen LogP contribution in [0.25, 0.3) is 0 Å². The van der Waals surface area contributed by atoms with E-state index in [0.29, 0.717) is 5.69 Å². The number of ether oxygens (including phenoxy) is 1. The molecule has 0 aliphatic heterocycles. The van der Waals surface area contributed by atoms with Crippen LogP contribution in [0.2, 0.25) is 5.02 Å². The van der Waals surface area contributed by atoms with Gasteiger partial charge in [0.1, 0.15) is 22.2 Å². The van der Waals surface area contributed by atoms with E-state index in [4.69, 9.17) is 34.3 Å². The molecule has 0 spiro atoms. The van der Waals surface area contributed by atoms with Gasteiger partial charge in [-0.05, 0) is 24.3 Å². The van der Waals surface area contributed by atoms with Crippen molar-refractivity contribution in [2.45, 2.75) is 0 Å². The summed E-state index contributed by atoms with van der Waals surface area (Å²) in [5, 5.41) is 0.124. The second kappa shape index (κ2) is 5.24. The topological polar surface area (TPSA) is 61.0 Å². The van der Waals surface area contributed by atoms with E-state index in [1.807, 2.05) is 0 Å². The SMILES string of the molecule is NC(=S)c1ccnc(Oc2ccc(F)cc2Cl)n1. The number of rotatable bonds is 3. The molecule has 18 heavy (non-hydrogen) atoms. The zero-order valence-electron chi connectivity index (χ0n) is 8.93. The molecule has 0 unspecified atom stereocenters. The zero-order valence-corrected chi connectivity index (χ0v) is 10.5. The molecule has 2 rings (SSSR count). The molecule has 7 heteroatoms. The van der Waals surface area contributed by atoms with Crippen molar-refractivity contribution in [3.05, 3.63) is 47.0 Å². The number of nitrogens with two attached hydrogens (primary N) is 1. The Hall–Kier alpha value is -1.79. The Balaban J connectivity index is 2.28. The molecule has 0 atom stereocenters. The van der Waals surface area contributed by atoms with Gasteiger partial charge in [0.15, 0.2) is 0 Å². The molecular weight excluding hydrogens is 277 g/mol. The molecule has 1 heterocycles. The van der Waals surface area contributed by atoms with Gasteiger partial charge in [0.2, 0.25) is 0 Å². The van der Waals surface area contributed by atoms with Gasteiger partial charge < -0.3 is 10.5 Å². The monoisotopic (exact) mass is 283 g/mol. The van der Waals surface area contributed by atoms with E-state index in [0.717, 1.165) is 6.07 Å². The Kier molecular flexibility index (Phi) is 3.69. The van der Waals surface area contributed by atoms with Gasteiger partial charge in [-0.1, -0.05) is 23.8 Å². The Labute approximate surface area is 113 Å². The highest BCUT2D eigenvalue weighted by atomic mass is 35.5. The highest BCUT2D eigenvalue weighted by Gasteiger charge is 2.08. The lowest BCUT2D eigenvalue weighted by molar-refractivity contribution is 0.440. The van der Waals surface area contributed by atoms with Crippen molar-refractivity contribution in [2.24, 2.45) is 5.73 Å². The van der Waals surface area contributed by atoms with Crippen LogP contribution >= 0.6 is 23.8 Å². The van der Waals surface area contributed by atoms with Gasteiger partial charge >= 0.3 is 6.01 Å². The molecule has 0 fully saturated rings. The van der Waals surface area contributed by atoms with E-state index in [-0.39, 0.29) is 21.8 Å². The molecule has 0 radical (unpaired) electrons. The summed E-state index contributed by atoms with van der Waals surface area (Å²) >= 11 is 10.6. The van der Waals surface area contributed by atoms with Crippen LogP contribution in [0.5, 0.6) is 11.8 Å². The first kappa shape index (κ1) is 12.7. The van der Waals surface area contributed by atoms with Crippen molar-refractivity contribution in [3.8, 4) is 11.8 Å². The van der Waals surface area contributed by atoms with Crippen LogP contribution in [0.4, 0.5) is 4.39 Å². The number of thiocarbonyl (C=S) groups is 1. The quantitative estimate of drug-likeness (QED) is 0.878. The summed E-state index contributed by atoms with van der Waals surface area (Å²) in [7, 11) is 0. The van der Waals surface area contributed by atoms with Crippen molar-refractivity contribution >= 4 is 28.8 Å². The summed E-state index contributed by atoms with van der Waals surface area (Å²) in [5.41, 5.74) is 5.82. The first-order valence-corrected chi connectivity index (χ1v) is 5.60. The Bertz CT molecular complexity index is 609. The van der Waals surface area contributed by atoms with E-state index < -0.39 is 5.82 Å². The fourth-order valence-electron chi connectivity index (χ4n) is 1.18. The predicted molar refractivity (Wildman–Crippen MR) is 69.4 cm³/mol. The number of hydrogen-bond acceptors (Lipinski definition) is 4. The number of hydrogen-bond donors (Lipinski definition) is 1. The third-order valence-corrected chi connectivity index (χ3v) is 2.49. The molecule has 4 nitrogen and oxygen atoms in total. The van der Waals surface area contributed by atoms with Crippen molar-refractivity contribution < 1.29 is 9.13 Å². The molecular formula is C11H7ClFN3OS. The number of halogens is 2. The van der Waals surface area contributed by atoms with Crippen molar-refractivity contribution in [1.29, 1.82) is 0 Å². The second-order valence-corrected chi connectivity index (χ2v) is 4.11. The third-order valence-electron chi connectivity index (χ3n) is 1.98. The minimum Gasteiger partial charge on any atom is -0.423 e. The molecule has 92 valence electrons. The lowest BCUT2D eigenvalue weighted by Crippen LogP contribution is -2.12. The smallest absolute Gasteiger partial charge is 0.322 e. The van der Waals surface area contributed by atoms with Crippen LogP contribution in [-0.2, 0) is 0 Å². The molecule has 1 aromatic heterocycles. The van der Waals surface area contributed by atoms with Crippen molar-refractivity contribution in [3.63, 3.8) is 0 Å². The maximum absolute atomic E-state index is 12.9. The molecule has 0 amide bonds. The van der Waals surface area contributed by atoms with Crippen molar-refractivity contribution in [2.75, 3.05) is 0 Å². The molecule has 2 aromatic rings. The van der Waals surface area contributed by atoms with E-state index in [1.165, 1.54) is 18.3 Å². The van der Waals surface area contributed by atoms with Gasteiger partial charge in [-0.15, -0.1) is 0 Å². The average Bonchev–Trinajstić information content (AvgIpc) is 2.33. The number of benzene rings is 1. The standard InChI is InChI=1S/C11H7ClFN3OS/c12-7-5-6(13)1-2-9(7)17-11-15-4-3-8(16-11)10(14)18/h1-5H,(H2,14,18). The van der Waals surface area contributed by atoms with E-state index in [1.54, 1.807) is 6.07 Å². The molecule has 1 aromatic carbocycles. The number of nitrogens with zero attached hydrogens (tertiary/aromatic N) is 2. The molecule has 0 aliphatic rings. The third kappa shape index (κ3) is 2.91. The normalized spacial score (nSPS) is 10.1. The fourth-order valence-corrected chi connectivity index (χ4v) is 1.50. The molecule has 0 saturated heterocycles. The minimum atomic E-state index is -0.454. The minimum absolute atomic E-state index is 0.0359. The van der Waals surface area contributed by atoms with Crippen molar-refractivity contribution in [1.82, 2.24) is 9.97 Å². The number of aromatic nitrogens is 2. The fraction of sp³-hybridized carbons (Fsp3) is 0. The van der Waals surface area contributed by atoms with E-state index in [9.17, 15) is 4.39 Å². The van der Waals surface area contributed by atoms with Crippen LogP contribution in [0, 0.1) is 5.82 Å². The lowest BCUT2D eigenvalue weighted by atomic mass is 10.3. The Morgan fingerprint density at radius 2 is 2.17 bits per heavy atom. The maximum Gasteiger partial charge on any atom is 0.322 e. The summed E-state index contributed by atoms with van der Waals surface area (Å²) in [4.78, 5) is 7.99. The maximum atomic E-state index is 12.9. The Morgan fingerprint density at radius 3 is 2.83 bits per heavy atom. The van der Waals surface area contributed by atoms with Crippen LogP contribution in [-0.4, -0.2) is 15.0 Å². The second-order valence-electron chi connectivity index (χ2n) is 3.27. The zero-order chi connectivity index (χ0) is 13.1. The van der Waals surface area contributed by atoms with Gasteiger partial charge in [-0.2, -0.15) is 4.98 Å². The van der Waals surface area contributed by atoms with Crippen LogP contribution in [0.1, 0.15) is 5.69 Å². The highest BCUT2D eigenvalue weighted by Crippen LogP contribution is 2.28. The lowest BCUT2D eigenvalue weighted by Gasteiger charge is -2.06. The first-order chi connectivity index (χ1) is 8.56. The average molecular weight is 284 g/mol. The summed E-state index contributed by atoms with van der Waals surface area (Å²) in [6, 6.07) is 5.33. The highest BCUT2D eigenvalue weighted by molar-refractivity contribution is 7.80. The van der Waals surface area contributed by atoms with Gasteiger partial charge in [-0.25, -0.2) is 9.37 Å². The molecule has 2 N–H and O–H groups in total. The Morgan fingerprint density at radius 1 is 1.39 bits per heavy atom. The first-order valence-electron chi connectivity index (χ1n) is 4.82. The molecule has 0 saturated carbocycles. The predicted octanol–water partition coefficient (Wildman–Crippen LogP) is 2.70. The van der Waals surface area contributed by atoms with Gasteiger partial charge in [0.25, 0.3) is 0 Å². The summed E-state index contributed by atoms with van der Waals surface area (Å²) in [6.45, 7) is 0. The summed E-state index contributed by atoms with van der Waals surface area (Å²) in [5.74, 6) is -0.205. The van der Waals surface area contributed by atoms with Gasteiger partial charge in [0.05, 0.1) is 5.02 Å². The van der Waals surface area contributed by atoms with Gasteiger partial charge in [0, 0.05) is 6.20 Å².